The van der Waals surface area contributed by atoms with Crippen LogP contribution in [0, 0.1) is 29.6 Å². The summed E-state index contributed by atoms with van der Waals surface area (Å²) in [5, 5.41) is 10.1. The number of fused-ring (bicyclic) bond motifs is 9. The maximum absolute atomic E-state index is 13.1. The number of halogens is 1. The van der Waals surface area contributed by atoms with E-state index in [1.807, 2.05) is 12.1 Å². The lowest BCUT2D eigenvalue weighted by Crippen LogP contribution is -2.42. The van der Waals surface area contributed by atoms with E-state index in [0.717, 1.165) is 31.3 Å². The Morgan fingerprint density at radius 3 is 2.65 bits per heavy atom. The molecule has 7 atom stereocenters. The first-order chi connectivity index (χ1) is 14.8. The molecule has 7 unspecified atom stereocenters. The number of carbonyl (C=O) groups excluding carboxylic acids is 2. The van der Waals surface area contributed by atoms with E-state index >= 15 is 0 Å². The summed E-state index contributed by atoms with van der Waals surface area (Å²) in [6.45, 7) is -0.567. The molecular formula is C21H17BrN2O5S2. The van der Waals surface area contributed by atoms with Crippen LogP contribution in [0.15, 0.2) is 38.6 Å². The molecule has 3 fully saturated rings. The number of nitrogens with one attached hydrogen (secondary N) is 1. The third kappa shape index (κ3) is 2.70. The molecule has 1 aromatic heterocycles. The first-order valence-electron chi connectivity index (χ1n) is 10.1. The quantitative estimate of drug-likeness (QED) is 0.602. The Kier molecular flexibility index (Phi) is 4.33. The molecule has 1 aromatic carbocycles. The summed E-state index contributed by atoms with van der Waals surface area (Å²) in [6, 6.07) is 8.05. The Morgan fingerprint density at radius 2 is 1.94 bits per heavy atom. The molecule has 0 spiro atoms. The lowest BCUT2D eigenvalue weighted by molar-refractivity contribution is -0.149. The van der Waals surface area contributed by atoms with Gasteiger partial charge >= 0.3 is 10.8 Å². The number of rotatable bonds is 3. The number of hydrogen-bond acceptors (Lipinski definition) is 6. The van der Waals surface area contributed by atoms with E-state index in [9.17, 15) is 24.3 Å². The topological polar surface area (TPSA) is 108 Å². The molecule has 2 N–H and O–H groups in total. The number of H-pyrrole nitrogens is 1. The lowest BCUT2D eigenvalue weighted by Gasteiger charge is -2.43. The van der Waals surface area contributed by atoms with Crippen molar-refractivity contribution in [3.8, 4) is 0 Å². The summed E-state index contributed by atoms with van der Waals surface area (Å²) in [7, 11) is 0. The van der Waals surface area contributed by atoms with Gasteiger partial charge in [-0.15, -0.1) is 11.8 Å². The number of aliphatic carboxylic acids is 1. The van der Waals surface area contributed by atoms with Crippen molar-refractivity contribution in [1.82, 2.24) is 9.88 Å². The average Bonchev–Trinajstić information content (AvgIpc) is 3.43. The van der Waals surface area contributed by atoms with Gasteiger partial charge in [-0.1, -0.05) is 39.4 Å². The second kappa shape index (κ2) is 6.79. The van der Waals surface area contributed by atoms with Gasteiger partial charge in [0.05, 0.1) is 16.9 Å². The van der Waals surface area contributed by atoms with Crippen LogP contribution in [0.2, 0.25) is 0 Å². The monoisotopic (exact) mass is 520 g/mol. The van der Waals surface area contributed by atoms with Crippen molar-refractivity contribution in [3.63, 3.8) is 0 Å². The zero-order valence-corrected chi connectivity index (χ0v) is 19.2. The molecule has 3 heterocycles. The van der Waals surface area contributed by atoms with Gasteiger partial charge in [0.2, 0.25) is 11.8 Å². The van der Waals surface area contributed by atoms with Crippen molar-refractivity contribution in [3.05, 3.63) is 48.8 Å². The van der Waals surface area contributed by atoms with Crippen molar-refractivity contribution < 1.29 is 19.5 Å². The number of thiazole rings is 1. The molecule has 4 aliphatic rings. The highest BCUT2D eigenvalue weighted by atomic mass is 79.9. The van der Waals surface area contributed by atoms with Gasteiger partial charge in [-0.25, -0.2) is 0 Å². The van der Waals surface area contributed by atoms with Gasteiger partial charge in [-0.05, 0) is 41.9 Å². The van der Waals surface area contributed by atoms with E-state index in [1.54, 1.807) is 11.8 Å². The van der Waals surface area contributed by atoms with E-state index in [0.29, 0.717) is 0 Å². The summed E-state index contributed by atoms with van der Waals surface area (Å²) >= 11 is 6.40. The number of thioether (sulfide) groups is 1. The van der Waals surface area contributed by atoms with Crippen LogP contribution in [0.5, 0.6) is 0 Å². The van der Waals surface area contributed by atoms with Crippen LogP contribution in [0.25, 0.3) is 0 Å². The van der Waals surface area contributed by atoms with E-state index in [2.05, 4.69) is 33.0 Å². The normalized spacial score (nSPS) is 35.3. The molecule has 2 saturated carbocycles. The van der Waals surface area contributed by atoms with Crippen LogP contribution in [-0.4, -0.2) is 44.6 Å². The molecule has 160 valence electrons. The van der Waals surface area contributed by atoms with E-state index in [1.165, 1.54) is 11.3 Å². The van der Waals surface area contributed by atoms with Crippen LogP contribution in [0.4, 0.5) is 0 Å². The Balaban J connectivity index is 1.46. The minimum absolute atomic E-state index is 0.00271. The molecular weight excluding hydrogens is 504 g/mol. The minimum atomic E-state index is -1.17. The largest absolute Gasteiger partial charge is 0.480 e. The van der Waals surface area contributed by atoms with Crippen molar-refractivity contribution in [1.29, 1.82) is 0 Å². The van der Waals surface area contributed by atoms with Crippen molar-refractivity contribution in [2.75, 3.05) is 6.54 Å². The fraction of sp³-hybridized carbons (Fsp3) is 0.429. The number of imide groups is 1. The number of benzene rings is 1. The maximum Gasteiger partial charge on any atom is 0.323 e. The van der Waals surface area contributed by atoms with Crippen LogP contribution in [-0.2, 0) is 14.4 Å². The summed E-state index contributed by atoms with van der Waals surface area (Å²) in [6.07, 6.45) is 0.791. The molecule has 7 nitrogen and oxygen atoms in total. The molecule has 0 radical (unpaired) electrons. The lowest BCUT2D eigenvalue weighted by atomic mass is 9.68. The molecule has 2 amide bonds. The molecule has 2 bridgehead atoms. The van der Waals surface area contributed by atoms with Crippen LogP contribution in [0.1, 0.15) is 22.8 Å². The Bertz CT molecular complexity index is 1210. The van der Waals surface area contributed by atoms with Gasteiger partial charge in [0.15, 0.2) is 0 Å². The van der Waals surface area contributed by atoms with Gasteiger partial charge in [-0.2, -0.15) is 0 Å². The zero-order valence-electron chi connectivity index (χ0n) is 16.0. The third-order valence-corrected chi connectivity index (χ3v) is 10.4. The minimum Gasteiger partial charge on any atom is -0.480 e. The molecule has 2 aliphatic carbocycles. The second-order valence-corrected chi connectivity index (χ2v) is 11.8. The SMILES string of the molecule is O=C(O)CN1C(=O)C2C3CC(C2C1=O)C1C(c2cccc(Br)c2)c2sc(=O)[nH]c2SC31. The van der Waals surface area contributed by atoms with Crippen LogP contribution >= 0.6 is 39.0 Å². The maximum atomic E-state index is 13.1. The van der Waals surface area contributed by atoms with Crippen molar-refractivity contribution in [2.24, 2.45) is 29.6 Å². The van der Waals surface area contributed by atoms with E-state index in [-0.39, 0.29) is 45.6 Å². The van der Waals surface area contributed by atoms with Gasteiger partial charge in [0, 0.05) is 20.5 Å². The summed E-state index contributed by atoms with van der Waals surface area (Å²) < 4.78 is 0.949. The molecule has 31 heavy (non-hydrogen) atoms. The second-order valence-electron chi connectivity index (χ2n) is 8.67. The predicted octanol–water partition coefficient (Wildman–Crippen LogP) is 2.76. The smallest absolute Gasteiger partial charge is 0.323 e. The standard InChI is InChI=1S/C21H17BrN2O5S2/c22-8-3-1-2-7(4-8)12-13-9-5-10(16(13)30-18-17(12)31-21(29)23-18)15-14(9)19(27)24(20(15)28)6-11(25)26/h1-4,9-10,12-16H,5-6H2,(H,23,29)(H,25,26). The molecule has 1 saturated heterocycles. The highest BCUT2D eigenvalue weighted by Gasteiger charge is 2.69. The fourth-order valence-electron chi connectivity index (χ4n) is 6.44. The molecule has 6 rings (SSSR count). The number of carboxylic acid groups (broad SMARTS) is 1. The summed E-state index contributed by atoms with van der Waals surface area (Å²) in [5.74, 6) is -2.66. The Hall–Kier alpha value is -1.91. The van der Waals surface area contributed by atoms with Crippen molar-refractivity contribution in [2.45, 2.75) is 22.6 Å². The Morgan fingerprint density at radius 1 is 1.19 bits per heavy atom. The number of carboxylic acids is 1. The van der Waals surface area contributed by atoms with Crippen molar-refractivity contribution >= 4 is 56.8 Å². The van der Waals surface area contributed by atoms with Gasteiger partial charge in [0.1, 0.15) is 6.54 Å². The highest BCUT2D eigenvalue weighted by molar-refractivity contribution is 9.10. The fourth-order valence-corrected chi connectivity index (χ4v) is 9.75. The number of aromatic amines is 1. The molecule has 10 heteroatoms. The molecule has 2 aromatic rings. The number of likely N-dealkylation sites (tertiary alicyclic amines) is 1. The third-order valence-electron chi connectivity index (χ3n) is 7.32. The number of amides is 2. The van der Waals surface area contributed by atoms with Gasteiger partial charge < -0.3 is 10.1 Å². The summed E-state index contributed by atoms with van der Waals surface area (Å²) in [4.78, 5) is 54.4. The van der Waals surface area contributed by atoms with Crippen LogP contribution in [0.3, 0.4) is 0 Å². The first-order valence-corrected chi connectivity index (χ1v) is 12.6. The predicted molar refractivity (Wildman–Crippen MR) is 117 cm³/mol. The van der Waals surface area contributed by atoms with E-state index < -0.39 is 24.3 Å². The zero-order chi connectivity index (χ0) is 21.6. The number of hydrogen-bond donors (Lipinski definition) is 2. The summed E-state index contributed by atoms with van der Waals surface area (Å²) in [5.41, 5.74) is 1.09. The van der Waals surface area contributed by atoms with Crippen LogP contribution < -0.4 is 4.87 Å². The number of aromatic nitrogens is 1. The van der Waals surface area contributed by atoms with Gasteiger partial charge in [0.25, 0.3) is 0 Å². The number of nitrogens with zero attached hydrogens (tertiary/aromatic N) is 1. The Labute approximate surface area is 193 Å². The highest BCUT2D eigenvalue weighted by Crippen LogP contribution is 2.68. The molecule has 2 aliphatic heterocycles. The van der Waals surface area contributed by atoms with E-state index in [4.69, 9.17) is 0 Å². The average molecular weight is 521 g/mol. The first kappa shape index (κ1) is 19.8. The number of carbonyl (C=O) groups is 3. The van der Waals surface area contributed by atoms with Gasteiger partial charge in [-0.3, -0.25) is 24.1 Å².